The lowest BCUT2D eigenvalue weighted by molar-refractivity contribution is 0.414. The van der Waals surface area contributed by atoms with Gasteiger partial charge in [0.2, 0.25) is 0 Å². The molecule has 0 heterocycles. The minimum absolute atomic E-state index is 0.527. The van der Waals surface area contributed by atoms with E-state index < -0.39 is 0 Å². The molecule has 0 saturated heterocycles. The standard InChI is InChI=1S/C14H14BrNO/c1-17-14-9-10-4-5-13(15)8-12(10)7-11(14)3-2-6-16/h2-5,7-9H,6,16H2,1H3/b3-2+. The van der Waals surface area contributed by atoms with E-state index in [1.165, 1.54) is 5.39 Å². The molecule has 17 heavy (non-hydrogen) atoms. The Labute approximate surface area is 109 Å². The summed E-state index contributed by atoms with van der Waals surface area (Å²) in [6.45, 7) is 0.527. The summed E-state index contributed by atoms with van der Waals surface area (Å²) in [5.74, 6) is 0.865. The predicted molar refractivity (Wildman–Crippen MR) is 76.3 cm³/mol. The van der Waals surface area contributed by atoms with Crippen molar-refractivity contribution in [2.75, 3.05) is 13.7 Å². The molecule has 2 aromatic rings. The number of ether oxygens (including phenoxy) is 1. The van der Waals surface area contributed by atoms with Crippen LogP contribution in [0.3, 0.4) is 0 Å². The van der Waals surface area contributed by atoms with Crippen LogP contribution in [0.25, 0.3) is 16.8 Å². The molecule has 3 heteroatoms. The molecule has 0 aliphatic heterocycles. The molecule has 0 unspecified atom stereocenters. The zero-order valence-corrected chi connectivity index (χ0v) is 11.2. The molecule has 0 radical (unpaired) electrons. The van der Waals surface area contributed by atoms with E-state index in [0.717, 1.165) is 21.2 Å². The summed E-state index contributed by atoms with van der Waals surface area (Å²) < 4.78 is 6.45. The Bertz CT molecular complexity index is 563. The Kier molecular flexibility index (Phi) is 3.82. The number of hydrogen-bond donors (Lipinski definition) is 1. The Hall–Kier alpha value is -1.32. The van der Waals surface area contributed by atoms with Gasteiger partial charge < -0.3 is 10.5 Å². The van der Waals surface area contributed by atoms with Gasteiger partial charge in [-0.15, -0.1) is 0 Å². The molecule has 88 valence electrons. The van der Waals surface area contributed by atoms with Gasteiger partial charge in [-0.05, 0) is 35.0 Å². The molecular formula is C14H14BrNO. The quantitative estimate of drug-likeness (QED) is 0.938. The van der Waals surface area contributed by atoms with Gasteiger partial charge in [0.25, 0.3) is 0 Å². The predicted octanol–water partition coefficient (Wildman–Crippen LogP) is 3.58. The summed E-state index contributed by atoms with van der Waals surface area (Å²) in [4.78, 5) is 0. The van der Waals surface area contributed by atoms with Gasteiger partial charge in [-0.2, -0.15) is 0 Å². The third kappa shape index (κ3) is 2.68. The molecule has 2 rings (SSSR count). The van der Waals surface area contributed by atoms with Crippen LogP contribution in [0, 0.1) is 0 Å². The van der Waals surface area contributed by atoms with Crippen LogP contribution >= 0.6 is 15.9 Å². The van der Waals surface area contributed by atoms with E-state index in [4.69, 9.17) is 10.5 Å². The lowest BCUT2D eigenvalue weighted by Crippen LogP contribution is -1.93. The number of fused-ring (bicyclic) bond motifs is 1. The number of nitrogens with two attached hydrogens (primary N) is 1. The van der Waals surface area contributed by atoms with Crippen LogP contribution in [-0.2, 0) is 0 Å². The second-order valence-corrected chi connectivity index (χ2v) is 4.64. The summed E-state index contributed by atoms with van der Waals surface area (Å²) in [6.07, 6.45) is 3.90. The zero-order chi connectivity index (χ0) is 12.3. The van der Waals surface area contributed by atoms with Gasteiger partial charge in [-0.1, -0.05) is 34.1 Å². The van der Waals surface area contributed by atoms with E-state index in [9.17, 15) is 0 Å². The monoisotopic (exact) mass is 291 g/mol. The first-order valence-corrected chi connectivity index (χ1v) is 6.18. The molecule has 2 aromatic carbocycles. The molecule has 0 saturated carbocycles. The fraction of sp³-hybridized carbons (Fsp3) is 0.143. The highest BCUT2D eigenvalue weighted by Gasteiger charge is 2.03. The summed E-state index contributed by atoms with van der Waals surface area (Å²) in [5, 5.41) is 2.34. The van der Waals surface area contributed by atoms with Crippen LogP contribution in [0.1, 0.15) is 5.56 Å². The number of hydrogen-bond acceptors (Lipinski definition) is 2. The average molecular weight is 292 g/mol. The number of methoxy groups -OCH3 is 1. The van der Waals surface area contributed by atoms with Crippen LogP contribution in [-0.4, -0.2) is 13.7 Å². The third-order valence-electron chi connectivity index (χ3n) is 2.58. The van der Waals surface area contributed by atoms with Crippen molar-refractivity contribution in [3.63, 3.8) is 0 Å². The lowest BCUT2D eigenvalue weighted by atomic mass is 10.1. The van der Waals surface area contributed by atoms with Crippen molar-refractivity contribution >= 4 is 32.8 Å². The van der Waals surface area contributed by atoms with Crippen molar-refractivity contribution in [3.8, 4) is 5.75 Å². The first-order chi connectivity index (χ1) is 8.24. The number of rotatable bonds is 3. The van der Waals surface area contributed by atoms with E-state index >= 15 is 0 Å². The van der Waals surface area contributed by atoms with Crippen LogP contribution in [0.2, 0.25) is 0 Å². The Morgan fingerprint density at radius 3 is 2.76 bits per heavy atom. The second kappa shape index (κ2) is 5.34. The van der Waals surface area contributed by atoms with Crippen molar-refractivity contribution in [1.29, 1.82) is 0 Å². The summed E-state index contributed by atoms with van der Waals surface area (Å²) in [7, 11) is 1.68. The van der Waals surface area contributed by atoms with Gasteiger partial charge in [0.1, 0.15) is 5.75 Å². The van der Waals surface area contributed by atoms with Gasteiger partial charge in [0.15, 0.2) is 0 Å². The SMILES string of the molecule is COc1cc2ccc(Br)cc2cc1/C=C/CN. The average Bonchev–Trinajstić information content (AvgIpc) is 2.35. The maximum absolute atomic E-state index is 5.47. The molecule has 0 amide bonds. The maximum Gasteiger partial charge on any atom is 0.126 e. The molecule has 0 spiro atoms. The van der Waals surface area contributed by atoms with Crippen molar-refractivity contribution in [2.45, 2.75) is 0 Å². The van der Waals surface area contributed by atoms with Crippen LogP contribution < -0.4 is 10.5 Å². The van der Waals surface area contributed by atoms with Crippen molar-refractivity contribution in [1.82, 2.24) is 0 Å². The number of halogens is 1. The van der Waals surface area contributed by atoms with Crippen LogP contribution in [0.5, 0.6) is 5.75 Å². The highest BCUT2D eigenvalue weighted by atomic mass is 79.9. The lowest BCUT2D eigenvalue weighted by Gasteiger charge is -2.07. The molecule has 0 aliphatic carbocycles. The minimum atomic E-state index is 0.527. The third-order valence-corrected chi connectivity index (χ3v) is 3.08. The van der Waals surface area contributed by atoms with Crippen molar-refractivity contribution in [2.24, 2.45) is 5.73 Å². The Balaban J connectivity index is 2.61. The summed E-state index contributed by atoms with van der Waals surface area (Å²) >= 11 is 3.48. The summed E-state index contributed by atoms with van der Waals surface area (Å²) in [6, 6.07) is 10.3. The van der Waals surface area contributed by atoms with Crippen molar-refractivity contribution < 1.29 is 4.74 Å². The van der Waals surface area contributed by atoms with E-state index in [1.807, 2.05) is 24.3 Å². The molecule has 0 aromatic heterocycles. The van der Waals surface area contributed by atoms with Gasteiger partial charge in [-0.25, -0.2) is 0 Å². The van der Waals surface area contributed by atoms with Crippen molar-refractivity contribution in [3.05, 3.63) is 46.4 Å². The smallest absolute Gasteiger partial charge is 0.126 e. The van der Waals surface area contributed by atoms with Crippen LogP contribution in [0.15, 0.2) is 40.9 Å². The molecule has 2 nitrogen and oxygen atoms in total. The van der Waals surface area contributed by atoms with E-state index in [-0.39, 0.29) is 0 Å². The van der Waals surface area contributed by atoms with E-state index in [0.29, 0.717) is 6.54 Å². The first-order valence-electron chi connectivity index (χ1n) is 5.38. The molecule has 0 aliphatic rings. The molecule has 2 N–H and O–H groups in total. The Morgan fingerprint density at radius 2 is 2.06 bits per heavy atom. The second-order valence-electron chi connectivity index (χ2n) is 3.72. The normalized spacial score (nSPS) is 11.2. The molecule has 0 bridgehead atoms. The highest BCUT2D eigenvalue weighted by Crippen LogP contribution is 2.28. The Morgan fingerprint density at radius 1 is 1.24 bits per heavy atom. The molecular weight excluding hydrogens is 278 g/mol. The maximum atomic E-state index is 5.47. The fourth-order valence-electron chi connectivity index (χ4n) is 1.77. The zero-order valence-electron chi connectivity index (χ0n) is 9.61. The fourth-order valence-corrected chi connectivity index (χ4v) is 2.15. The van der Waals surface area contributed by atoms with Gasteiger partial charge in [-0.3, -0.25) is 0 Å². The van der Waals surface area contributed by atoms with Gasteiger partial charge in [0.05, 0.1) is 7.11 Å². The number of benzene rings is 2. The summed E-state index contributed by atoms with van der Waals surface area (Å²) in [5.41, 5.74) is 6.51. The van der Waals surface area contributed by atoms with Gasteiger partial charge in [0, 0.05) is 16.6 Å². The molecule has 0 atom stereocenters. The topological polar surface area (TPSA) is 35.2 Å². The molecule has 0 fully saturated rings. The van der Waals surface area contributed by atoms with E-state index in [2.05, 4.69) is 34.1 Å². The first kappa shape index (κ1) is 12.1. The van der Waals surface area contributed by atoms with Crippen LogP contribution in [0.4, 0.5) is 0 Å². The van der Waals surface area contributed by atoms with E-state index in [1.54, 1.807) is 7.11 Å². The highest BCUT2D eigenvalue weighted by molar-refractivity contribution is 9.10. The minimum Gasteiger partial charge on any atom is -0.496 e. The largest absolute Gasteiger partial charge is 0.496 e. The van der Waals surface area contributed by atoms with Gasteiger partial charge >= 0.3 is 0 Å².